The monoisotopic (exact) mass is 359 g/mol. The van der Waals surface area contributed by atoms with Crippen LogP contribution in [0.1, 0.15) is 19.3 Å². The van der Waals surface area contributed by atoms with Gasteiger partial charge in [0.25, 0.3) is 5.56 Å². The maximum atomic E-state index is 12.7. The van der Waals surface area contributed by atoms with E-state index in [9.17, 15) is 9.59 Å². The van der Waals surface area contributed by atoms with Crippen molar-refractivity contribution in [1.82, 2.24) is 14.9 Å². The second kappa shape index (κ2) is 7.05. The molecule has 0 saturated carbocycles. The van der Waals surface area contributed by atoms with Crippen LogP contribution in [0.4, 0.5) is 0 Å². The predicted molar refractivity (Wildman–Crippen MR) is 93.6 cm³/mol. The zero-order valence-electron chi connectivity index (χ0n) is 14.6. The third-order valence-electron chi connectivity index (χ3n) is 4.94. The minimum absolute atomic E-state index is 0.00910. The lowest BCUT2D eigenvalue weighted by Crippen LogP contribution is -2.47. The molecule has 0 aliphatic carbocycles. The van der Waals surface area contributed by atoms with E-state index in [2.05, 4.69) is 10.3 Å². The highest BCUT2D eigenvalue weighted by Gasteiger charge is 2.26. The topological polar surface area (TPSA) is 91.7 Å². The molecule has 0 radical (unpaired) electrons. The van der Waals surface area contributed by atoms with Gasteiger partial charge in [0.05, 0.1) is 29.9 Å². The van der Waals surface area contributed by atoms with E-state index in [1.807, 2.05) is 0 Å². The Labute approximate surface area is 150 Å². The molecular formula is C18H21N3O5. The molecule has 2 aromatic rings. The molecule has 0 amide bonds. The molecule has 2 aliphatic heterocycles. The van der Waals surface area contributed by atoms with Crippen LogP contribution in [0, 0.1) is 0 Å². The molecule has 2 atom stereocenters. The molecule has 0 spiro atoms. The molecule has 138 valence electrons. The first-order valence-corrected chi connectivity index (χ1v) is 8.72. The van der Waals surface area contributed by atoms with Crippen LogP contribution in [0.15, 0.2) is 23.3 Å². The van der Waals surface area contributed by atoms with Crippen LogP contribution in [0.5, 0.6) is 11.5 Å². The number of aromatic nitrogens is 2. The fourth-order valence-electron chi connectivity index (χ4n) is 3.57. The van der Waals surface area contributed by atoms with Gasteiger partial charge in [-0.05, 0) is 25.5 Å². The number of hydrogen-bond acceptors (Lipinski definition) is 7. The number of hydrogen-bond donors (Lipinski definition) is 1. The number of carbonyl (C=O) groups is 1. The van der Waals surface area contributed by atoms with E-state index in [-0.39, 0.29) is 36.8 Å². The SMILES string of the molecule is COC1CCCNC1CC(=O)Cn1cnc2cc3c(cc2c1=O)OCO3. The standard InChI is InChI=1S/C18H21N3O5/c1-24-15-3-2-4-19-14(15)5-11(22)8-21-9-20-13-7-17-16(25-10-26-17)6-12(13)18(21)23/h6-7,9,14-15,19H,2-5,8,10H2,1H3. The van der Waals surface area contributed by atoms with Gasteiger partial charge in [-0.25, -0.2) is 4.98 Å². The lowest BCUT2D eigenvalue weighted by atomic mass is 9.96. The molecule has 8 nitrogen and oxygen atoms in total. The number of nitrogens with zero attached hydrogens (tertiary/aromatic N) is 2. The first-order valence-electron chi connectivity index (χ1n) is 8.72. The Morgan fingerprint density at radius 3 is 3.00 bits per heavy atom. The minimum Gasteiger partial charge on any atom is -0.454 e. The summed E-state index contributed by atoms with van der Waals surface area (Å²) in [6.45, 7) is 1.00. The van der Waals surface area contributed by atoms with Crippen LogP contribution in [-0.2, 0) is 16.1 Å². The van der Waals surface area contributed by atoms with E-state index in [1.54, 1.807) is 19.2 Å². The summed E-state index contributed by atoms with van der Waals surface area (Å²) < 4.78 is 17.4. The lowest BCUT2D eigenvalue weighted by Gasteiger charge is -2.31. The van der Waals surface area contributed by atoms with Crippen molar-refractivity contribution in [2.24, 2.45) is 0 Å². The van der Waals surface area contributed by atoms with Crippen LogP contribution >= 0.6 is 0 Å². The van der Waals surface area contributed by atoms with Gasteiger partial charge in [-0.2, -0.15) is 0 Å². The van der Waals surface area contributed by atoms with Crippen molar-refractivity contribution < 1.29 is 19.0 Å². The molecule has 2 unspecified atom stereocenters. The van der Waals surface area contributed by atoms with Crippen LogP contribution in [0.25, 0.3) is 10.9 Å². The molecule has 0 bridgehead atoms. The molecule has 2 aliphatic rings. The second-order valence-corrected chi connectivity index (χ2v) is 6.62. The average molecular weight is 359 g/mol. The van der Waals surface area contributed by atoms with Gasteiger partial charge < -0.3 is 19.5 Å². The van der Waals surface area contributed by atoms with Crippen molar-refractivity contribution in [3.63, 3.8) is 0 Å². The third-order valence-corrected chi connectivity index (χ3v) is 4.94. The molecule has 1 aromatic heterocycles. The Hall–Kier alpha value is -2.45. The number of fused-ring (bicyclic) bond motifs is 2. The summed E-state index contributed by atoms with van der Waals surface area (Å²) in [7, 11) is 1.66. The number of piperidine rings is 1. The summed E-state index contributed by atoms with van der Waals surface area (Å²) in [6.07, 6.45) is 3.73. The number of carbonyl (C=O) groups excluding carboxylic acids is 1. The summed E-state index contributed by atoms with van der Waals surface area (Å²) in [6, 6.07) is 3.29. The molecule has 3 heterocycles. The number of ketones is 1. The summed E-state index contributed by atoms with van der Waals surface area (Å²) in [4.78, 5) is 29.5. The highest BCUT2D eigenvalue weighted by molar-refractivity contribution is 5.83. The van der Waals surface area contributed by atoms with E-state index >= 15 is 0 Å². The van der Waals surface area contributed by atoms with Crippen molar-refractivity contribution in [1.29, 1.82) is 0 Å². The van der Waals surface area contributed by atoms with E-state index in [0.29, 0.717) is 28.8 Å². The van der Waals surface area contributed by atoms with Gasteiger partial charge in [-0.3, -0.25) is 14.2 Å². The zero-order valence-corrected chi connectivity index (χ0v) is 14.6. The molecule has 1 saturated heterocycles. The molecule has 4 rings (SSSR count). The Morgan fingerprint density at radius 2 is 2.19 bits per heavy atom. The largest absolute Gasteiger partial charge is 0.454 e. The zero-order chi connectivity index (χ0) is 18.1. The lowest BCUT2D eigenvalue weighted by molar-refractivity contribution is -0.121. The highest BCUT2D eigenvalue weighted by atomic mass is 16.7. The maximum absolute atomic E-state index is 12.7. The number of benzene rings is 1. The maximum Gasteiger partial charge on any atom is 0.261 e. The summed E-state index contributed by atoms with van der Waals surface area (Å²) in [5.74, 6) is 1.07. The van der Waals surface area contributed by atoms with Crippen LogP contribution in [-0.4, -0.2) is 47.9 Å². The number of rotatable bonds is 5. The quantitative estimate of drug-likeness (QED) is 0.846. The van der Waals surface area contributed by atoms with E-state index in [0.717, 1.165) is 19.4 Å². The summed E-state index contributed by atoms with van der Waals surface area (Å²) in [5.41, 5.74) is 0.262. The predicted octanol–water partition coefficient (Wildman–Crippen LogP) is 0.851. The summed E-state index contributed by atoms with van der Waals surface area (Å²) in [5, 5.41) is 3.74. The van der Waals surface area contributed by atoms with Gasteiger partial charge in [-0.1, -0.05) is 0 Å². The van der Waals surface area contributed by atoms with Gasteiger partial charge in [0.15, 0.2) is 17.3 Å². The van der Waals surface area contributed by atoms with Crippen molar-refractivity contribution in [3.05, 3.63) is 28.8 Å². The molecule has 1 fully saturated rings. The van der Waals surface area contributed by atoms with E-state index in [1.165, 1.54) is 10.9 Å². The van der Waals surface area contributed by atoms with Crippen molar-refractivity contribution >= 4 is 16.7 Å². The van der Waals surface area contributed by atoms with Gasteiger partial charge in [-0.15, -0.1) is 0 Å². The van der Waals surface area contributed by atoms with Gasteiger partial charge in [0, 0.05) is 25.6 Å². The molecule has 26 heavy (non-hydrogen) atoms. The highest BCUT2D eigenvalue weighted by Crippen LogP contribution is 2.34. The van der Waals surface area contributed by atoms with Crippen molar-refractivity contribution in [3.8, 4) is 11.5 Å². The Morgan fingerprint density at radius 1 is 1.38 bits per heavy atom. The Bertz CT molecular complexity index is 894. The number of Topliss-reactive ketones (excluding diaryl/α,β-unsaturated/α-hetero) is 1. The van der Waals surface area contributed by atoms with Crippen LogP contribution in [0.2, 0.25) is 0 Å². The van der Waals surface area contributed by atoms with E-state index < -0.39 is 0 Å². The minimum atomic E-state index is -0.262. The van der Waals surface area contributed by atoms with E-state index in [4.69, 9.17) is 14.2 Å². The Kier molecular flexibility index (Phi) is 4.60. The normalized spacial score (nSPS) is 21.9. The van der Waals surface area contributed by atoms with Gasteiger partial charge in [0.1, 0.15) is 0 Å². The van der Waals surface area contributed by atoms with Crippen molar-refractivity contribution in [2.75, 3.05) is 20.4 Å². The molecule has 8 heteroatoms. The van der Waals surface area contributed by atoms with Gasteiger partial charge in [0.2, 0.25) is 6.79 Å². The number of methoxy groups -OCH3 is 1. The molecule has 1 N–H and O–H groups in total. The second-order valence-electron chi connectivity index (χ2n) is 6.62. The number of nitrogens with one attached hydrogen (secondary N) is 1. The van der Waals surface area contributed by atoms with Crippen LogP contribution in [0.3, 0.4) is 0 Å². The fourth-order valence-corrected chi connectivity index (χ4v) is 3.57. The molecular weight excluding hydrogens is 338 g/mol. The van der Waals surface area contributed by atoms with Crippen LogP contribution < -0.4 is 20.3 Å². The molecule has 1 aromatic carbocycles. The summed E-state index contributed by atoms with van der Waals surface area (Å²) >= 11 is 0. The number of ether oxygens (including phenoxy) is 3. The fraction of sp³-hybridized carbons (Fsp3) is 0.500. The Balaban J connectivity index is 1.53. The third kappa shape index (κ3) is 3.17. The first kappa shape index (κ1) is 17.0. The first-order chi connectivity index (χ1) is 12.7. The van der Waals surface area contributed by atoms with Crippen molar-refractivity contribution in [2.45, 2.75) is 38.0 Å². The average Bonchev–Trinajstić information content (AvgIpc) is 3.10. The van der Waals surface area contributed by atoms with Gasteiger partial charge >= 0.3 is 0 Å². The smallest absolute Gasteiger partial charge is 0.261 e.